The van der Waals surface area contributed by atoms with Crippen LogP contribution in [0, 0.1) is 17.0 Å². The van der Waals surface area contributed by atoms with Crippen LogP contribution in [0.25, 0.3) is 0 Å². The highest BCUT2D eigenvalue weighted by Crippen LogP contribution is 2.22. The number of rotatable bonds is 9. The summed E-state index contributed by atoms with van der Waals surface area (Å²) in [6.45, 7) is 7.01. The predicted octanol–water partition coefficient (Wildman–Crippen LogP) is 3.12. The van der Waals surface area contributed by atoms with Crippen molar-refractivity contribution in [3.63, 3.8) is 0 Å². The number of hydrogen-bond donors (Lipinski definition) is 1. The number of anilines is 1. The normalized spacial score (nSPS) is 12.3. The monoisotopic (exact) mass is 463 g/mol. The number of nitro benzene ring substituents is 1. The molecule has 0 radical (unpaired) electrons. The highest BCUT2D eigenvalue weighted by molar-refractivity contribution is 7.89. The van der Waals surface area contributed by atoms with Crippen LogP contribution in [0.5, 0.6) is 0 Å². The van der Waals surface area contributed by atoms with Gasteiger partial charge in [-0.25, -0.2) is 13.2 Å². The molecule has 0 saturated heterocycles. The van der Waals surface area contributed by atoms with Gasteiger partial charge in [0.1, 0.15) is 0 Å². The first-order valence-corrected chi connectivity index (χ1v) is 11.3. The summed E-state index contributed by atoms with van der Waals surface area (Å²) >= 11 is 0. The van der Waals surface area contributed by atoms with Gasteiger partial charge in [-0.3, -0.25) is 14.9 Å². The van der Waals surface area contributed by atoms with Gasteiger partial charge in [-0.1, -0.05) is 19.9 Å². The number of amides is 1. The van der Waals surface area contributed by atoms with Crippen LogP contribution in [0.15, 0.2) is 47.4 Å². The molecule has 10 nitrogen and oxygen atoms in total. The van der Waals surface area contributed by atoms with Gasteiger partial charge in [0.25, 0.3) is 11.6 Å². The van der Waals surface area contributed by atoms with Crippen LogP contribution in [0.2, 0.25) is 0 Å². The predicted molar refractivity (Wildman–Crippen MR) is 118 cm³/mol. The summed E-state index contributed by atoms with van der Waals surface area (Å²) in [4.78, 5) is 35.0. The minimum absolute atomic E-state index is 0.00126. The zero-order chi connectivity index (χ0) is 24.1. The zero-order valence-electron chi connectivity index (χ0n) is 18.2. The molecule has 0 spiro atoms. The maximum absolute atomic E-state index is 12.9. The van der Waals surface area contributed by atoms with Crippen molar-refractivity contribution in [1.29, 1.82) is 0 Å². The van der Waals surface area contributed by atoms with Gasteiger partial charge >= 0.3 is 5.97 Å². The molecule has 0 aromatic heterocycles. The highest BCUT2D eigenvalue weighted by Gasteiger charge is 2.26. The quantitative estimate of drug-likeness (QED) is 0.343. The molecule has 0 bridgehead atoms. The van der Waals surface area contributed by atoms with Gasteiger partial charge in [0.2, 0.25) is 10.0 Å². The van der Waals surface area contributed by atoms with Crippen molar-refractivity contribution in [3.05, 3.63) is 63.7 Å². The molecule has 0 aliphatic heterocycles. The van der Waals surface area contributed by atoms with Crippen LogP contribution in [0.3, 0.4) is 0 Å². The summed E-state index contributed by atoms with van der Waals surface area (Å²) in [6, 6.07) is 9.36. The topological polar surface area (TPSA) is 136 Å². The number of nitrogens with one attached hydrogen (secondary N) is 1. The second-order valence-corrected chi connectivity index (χ2v) is 8.82. The highest BCUT2D eigenvalue weighted by atomic mass is 32.2. The SMILES string of the molecule is CCN(CC)S(=O)(=O)c1cc(C(=O)OC(C)C(=O)Nc2ccc([N+](=O)[O-])cc2)ccc1C. The van der Waals surface area contributed by atoms with E-state index in [1.165, 1.54) is 53.7 Å². The van der Waals surface area contributed by atoms with Gasteiger partial charge in [0.05, 0.1) is 15.4 Å². The standard InChI is InChI=1S/C21H25N3O7S/c1-5-23(6-2)32(29,30)19-13-16(8-7-14(19)3)21(26)31-15(4)20(25)22-17-9-11-18(12-10-17)24(27)28/h7-13,15H,5-6H2,1-4H3,(H,22,25). The molecule has 0 heterocycles. The average Bonchev–Trinajstić information content (AvgIpc) is 2.74. The number of hydrogen-bond acceptors (Lipinski definition) is 7. The largest absolute Gasteiger partial charge is 0.449 e. The van der Waals surface area contributed by atoms with Crippen LogP contribution in [-0.2, 0) is 19.6 Å². The summed E-state index contributed by atoms with van der Waals surface area (Å²) in [5.41, 5.74) is 0.650. The lowest BCUT2D eigenvalue weighted by atomic mass is 10.1. The van der Waals surface area contributed by atoms with Gasteiger partial charge in [-0.2, -0.15) is 4.31 Å². The summed E-state index contributed by atoms with van der Waals surface area (Å²) in [5, 5.41) is 13.2. The first-order valence-electron chi connectivity index (χ1n) is 9.88. The fourth-order valence-electron chi connectivity index (χ4n) is 2.90. The molecule has 1 atom stereocenters. The number of carbonyl (C=O) groups excluding carboxylic acids is 2. The number of nitrogens with zero attached hydrogens (tertiary/aromatic N) is 2. The summed E-state index contributed by atoms with van der Waals surface area (Å²) in [5.74, 6) is -1.50. The number of aryl methyl sites for hydroxylation is 1. The van der Waals surface area contributed by atoms with E-state index in [1.54, 1.807) is 20.8 Å². The molecule has 0 fully saturated rings. The second kappa shape index (κ2) is 10.3. The van der Waals surface area contributed by atoms with Gasteiger partial charge < -0.3 is 10.1 Å². The Balaban J connectivity index is 2.14. The van der Waals surface area contributed by atoms with E-state index in [4.69, 9.17) is 4.74 Å². The number of esters is 1. The second-order valence-electron chi connectivity index (χ2n) is 6.91. The Hall–Kier alpha value is -3.31. The van der Waals surface area contributed by atoms with E-state index in [0.717, 1.165) is 0 Å². The van der Waals surface area contributed by atoms with E-state index in [2.05, 4.69) is 5.32 Å². The lowest BCUT2D eigenvalue weighted by Crippen LogP contribution is -2.32. The number of carbonyl (C=O) groups is 2. The van der Waals surface area contributed by atoms with E-state index in [-0.39, 0.29) is 29.2 Å². The number of sulfonamides is 1. The van der Waals surface area contributed by atoms with Crippen molar-refractivity contribution >= 4 is 33.3 Å². The Morgan fingerprint density at radius 1 is 1.12 bits per heavy atom. The average molecular weight is 464 g/mol. The molecule has 1 N–H and O–H groups in total. The first kappa shape index (κ1) is 25.0. The Morgan fingerprint density at radius 3 is 2.25 bits per heavy atom. The van der Waals surface area contributed by atoms with E-state index in [0.29, 0.717) is 11.3 Å². The van der Waals surface area contributed by atoms with Gasteiger partial charge in [-0.15, -0.1) is 0 Å². The summed E-state index contributed by atoms with van der Waals surface area (Å²) in [6.07, 6.45) is -1.19. The van der Waals surface area contributed by atoms with Crippen molar-refractivity contribution < 1.29 is 27.7 Å². The molecule has 1 unspecified atom stereocenters. The van der Waals surface area contributed by atoms with Gasteiger partial charge in [0.15, 0.2) is 6.10 Å². The van der Waals surface area contributed by atoms with Crippen molar-refractivity contribution in [1.82, 2.24) is 4.31 Å². The fourth-order valence-corrected chi connectivity index (χ4v) is 4.61. The molecule has 2 aromatic carbocycles. The Kier molecular flexibility index (Phi) is 8.06. The van der Waals surface area contributed by atoms with Crippen molar-refractivity contribution in [2.24, 2.45) is 0 Å². The van der Waals surface area contributed by atoms with Crippen LogP contribution in [0.1, 0.15) is 36.7 Å². The lowest BCUT2D eigenvalue weighted by Gasteiger charge is -2.20. The van der Waals surface area contributed by atoms with Crippen LogP contribution in [-0.4, -0.2) is 48.7 Å². The molecule has 2 rings (SSSR count). The maximum atomic E-state index is 12.9. The van der Waals surface area contributed by atoms with Crippen LogP contribution >= 0.6 is 0 Å². The summed E-state index contributed by atoms with van der Waals surface area (Å²) in [7, 11) is -3.78. The maximum Gasteiger partial charge on any atom is 0.338 e. The Morgan fingerprint density at radius 2 is 1.72 bits per heavy atom. The third kappa shape index (κ3) is 5.68. The number of ether oxygens (including phenoxy) is 1. The molecule has 32 heavy (non-hydrogen) atoms. The molecule has 0 aliphatic carbocycles. The Labute approximate surface area is 186 Å². The molecular formula is C21H25N3O7S. The Bertz CT molecular complexity index is 1110. The molecule has 2 aromatic rings. The molecule has 0 aliphatic rings. The molecule has 0 saturated carbocycles. The van der Waals surface area contributed by atoms with E-state index < -0.39 is 32.9 Å². The molecule has 11 heteroatoms. The van der Waals surface area contributed by atoms with Crippen molar-refractivity contribution in [2.75, 3.05) is 18.4 Å². The lowest BCUT2D eigenvalue weighted by molar-refractivity contribution is -0.384. The summed E-state index contributed by atoms with van der Waals surface area (Å²) < 4.78 is 32.2. The zero-order valence-corrected chi connectivity index (χ0v) is 19.0. The minimum atomic E-state index is -3.78. The first-order chi connectivity index (χ1) is 15.0. The van der Waals surface area contributed by atoms with Crippen LogP contribution in [0.4, 0.5) is 11.4 Å². The molecule has 1 amide bonds. The van der Waals surface area contributed by atoms with Crippen LogP contribution < -0.4 is 5.32 Å². The van der Waals surface area contributed by atoms with E-state index in [9.17, 15) is 28.1 Å². The van der Waals surface area contributed by atoms with E-state index >= 15 is 0 Å². The minimum Gasteiger partial charge on any atom is -0.449 e. The van der Waals surface area contributed by atoms with Gasteiger partial charge in [-0.05, 0) is 43.7 Å². The number of nitro groups is 1. The smallest absolute Gasteiger partial charge is 0.338 e. The van der Waals surface area contributed by atoms with E-state index in [1.807, 2.05) is 0 Å². The van der Waals surface area contributed by atoms with Crippen molar-refractivity contribution in [3.8, 4) is 0 Å². The third-order valence-electron chi connectivity index (χ3n) is 4.75. The fraction of sp³-hybridized carbons (Fsp3) is 0.333. The molecular weight excluding hydrogens is 438 g/mol. The molecule has 172 valence electrons. The van der Waals surface area contributed by atoms with Gasteiger partial charge in [0, 0.05) is 30.9 Å². The number of benzene rings is 2. The third-order valence-corrected chi connectivity index (χ3v) is 6.94. The van der Waals surface area contributed by atoms with Crippen molar-refractivity contribution in [2.45, 2.75) is 38.7 Å². The number of non-ortho nitro benzene ring substituents is 1.